The van der Waals surface area contributed by atoms with E-state index >= 15 is 0 Å². The highest BCUT2D eigenvalue weighted by molar-refractivity contribution is 6.33. The average molecular weight is 412 g/mol. The summed E-state index contributed by atoms with van der Waals surface area (Å²) in [4.78, 5) is 8.89. The van der Waals surface area contributed by atoms with Gasteiger partial charge in [0.05, 0.1) is 33.9 Å². The number of nitrogens with two attached hydrogens (primary N) is 1. The number of hydrogen-bond acceptors (Lipinski definition) is 5. The lowest BCUT2D eigenvalue weighted by atomic mass is 10.2. The summed E-state index contributed by atoms with van der Waals surface area (Å²) in [6.45, 7) is 1.54. The summed E-state index contributed by atoms with van der Waals surface area (Å²) in [5.74, 6) is 0.267. The zero-order valence-corrected chi connectivity index (χ0v) is 16.3. The van der Waals surface area contributed by atoms with E-state index < -0.39 is 5.82 Å². The predicted molar refractivity (Wildman–Crippen MR) is 113 cm³/mol. The summed E-state index contributed by atoms with van der Waals surface area (Å²) < 4.78 is 22.1. The Kier molecular flexibility index (Phi) is 4.49. The van der Waals surface area contributed by atoms with Crippen LogP contribution in [0.5, 0.6) is 0 Å². The molecule has 3 heterocycles. The fraction of sp³-hybridized carbons (Fsp3) is 0.238. The first-order chi connectivity index (χ1) is 14.1. The number of anilines is 2. The standard InChI is InChI=1S/C21H19ClFN5O/c22-14-4-1-5-15(23)19(14)21-26-11-18-20(24)27-16-7-6-12(9-17(16)28(18)21)25-10-13-3-2-8-29-13/h1,4-7,9,11,13,25H,2-3,8,10H2,(H2,24,27). The molecule has 0 amide bonds. The number of fused-ring (bicyclic) bond motifs is 3. The van der Waals surface area contributed by atoms with Crippen molar-refractivity contribution in [3.63, 3.8) is 0 Å². The molecule has 0 radical (unpaired) electrons. The number of aromatic nitrogens is 3. The van der Waals surface area contributed by atoms with Gasteiger partial charge < -0.3 is 15.8 Å². The maximum Gasteiger partial charge on any atom is 0.150 e. The lowest BCUT2D eigenvalue weighted by Gasteiger charge is -2.14. The van der Waals surface area contributed by atoms with Crippen molar-refractivity contribution >= 4 is 39.7 Å². The Bertz CT molecular complexity index is 1200. The van der Waals surface area contributed by atoms with Crippen LogP contribution in [0.15, 0.2) is 42.6 Å². The van der Waals surface area contributed by atoms with E-state index in [1.54, 1.807) is 22.7 Å². The van der Waals surface area contributed by atoms with Crippen LogP contribution in [0.3, 0.4) is 0 Å². The average Bonchev–Trinajstić information content (AvgIpc) is 3.37. The van der Waals surface area contributed by atoms with Crippen LogP contribution >= 0.6 is 11.6 Å². The Hall–Kier alpha value is -2.90. The molecule has 0 spiro atoms. The highest BCUT2D eigenvalue weighted by Crippen LogP contribution is 2.33. The van der Waals surface area contributed by atoms with E-state index in [9.17, 15) is 4.39 Å². The van der Waals surface area contributed by atoms with Crippen LogP contribution in [0.4, 0.5) is 15.9 Å². The molecule has 1 atom stereocenters. The predicted octanol–water partition coefficient (Wildman–Crippen LogP) is 4.52. The Morgan fingerprint density at radius 3 is 2.97 bits per heavy atom. The summed E-state index contributed by atoms with van der Waals surface area (Å²) >= 11 is 6.30. The van der Waals surface area contributed by atoms with Gasteiger partial charge in [0, 0.05) is 18.8 Å². The number of halogens is 2. The molecule has 1 aliphatic rings. The first-order valence-corrected chi connectivity index (χ1v) is 9.86. The molecule has 2 aromatic carbocycles. The number of rotatable bonds is 4. The molecular weight excluding hydrogens is 393 g/mol. The van der Waals surface area contributed by atoms with Crippen molar-refractivity contribution in [2.45, 2.75) is 18.9 Å². The van der Waals surface area contributed by atoms with Gasteiger partial charge in [-0.25, -0.2) is 14.4 Å². The molecule has 6 nitrogen and oxygen atoms in total. The molecule has 2 aromatic heterocycles. The Morgan fingerprint density at radius 1 is 1.28 bits per heavy atom. The third-order valence-corrected chi connectivity index (χ3v) is 5.54. The van der Waals surface area contributed by atoms with E-state index in [4.69, 9.17) is 22.1 Å². The van der Waals surface area contributed by atoms with Gasteiger partial charge in [0.2, 0.25) is 0 Å². The number of ether oxygens (including phenoxy) is 1. The van der Waals surface area contributed by atoms with Crippen molar-refractivity contribution in [2.24, 2.45) is 0 Å². The third kappa shape index (κ3) is 3.16. The van der Waals surface area contributed by atoms with Crippen LogP contribution in [-0.4, -0.2) is 33.6 Å². The van der Waals surface area contributed by atoms with Crippen LogP contribution in [0.1, 0.15) is 12.8 Å². The Balaban J connectivity index is 1.67. The number of nitrogen functional groups attached to an aromatic ring is 1. The summed E-state index contributed by atoms with van der Waals surface area (Å²) in [7, 11) is 0. The number of hydrogen-bond donors (Lipinski definition) is 2. The zero-order valence-electron chi connectivity index (χ0n) is 15.5. The van der Waals surface area contributed by atoms with Crippen LogP contribution in [-0.2, 0) is 4.74 Å². The SMILES string of the molecule is Nc1nc2ccc(NCC3CCCO3)cc2n2c(-c3c(F)cccc3Cl)ncc12. The monoisotopic (exact) mass is 411 g/mol. The van der Waals surface area contributed by atoms with E-state index in [2.05, 4.69) is 15.3 Å². The van der Waals surface area contributed by atoms with Gasteiger partial charge in [-0.05, 0) is 43.2 Å². The first kappa shape index (κ1) is 18.1. The van der Waals surface area contributed by atoms with E-state index in [-0.39, 0.29) is 16.7 Å². The van der Waals surface area contributed by atoms with Gasteiger partial charge in [-0.15, -0.1) is 0 Å². The smallest absolute Gasteiger partial charge is 0.150 e. The van der Waals surface area contributed by atoms with Gasteiger partial charge in [0.25, 0.3) is 0 Å². The minimum absolute atomic E-state index is 0.219. The van der Waals surface area contributed by atoms with Crippen LogP contribution < -0.4 is 11.1 Å². The van der Waals surface area contributed by atoms with Crippen LogP contribution in [0.25, 0.3) is 27.9 Å². The molecule has 0 aliphatic carbocycles. The molecule has 8 heteroatoms. The molecule has 0 saturated carbocycles. The molecule has 0 bridgehead atoms. The van der Waals surface area contributed by atoms with E-state index in [0.717, 1.165) is 37.2 Å². The van der Waals surface area contributed by atoms with Crippen molar-refractivity contribution in [1.82, 2.24) is 14.4 Å². The van der Waals surface area contributed by atoms with Crippen LogP contribution in [0.2, 0.25) is 5.02 Å². The van der Waals surface area contributed by atoms with Gasteiger partial charge >= 0.3 is 0 Å². The van der Waals surface area contributed by atoms with Crippen molar-refractivity contribution < 1.29 is 9.13 Å². The van der Waals surface area contributed by atoms with Gasteiger partial charge in [-0.1, -0.05) is 17.7 Å². The summed E-state index contributed by atoms with van der Waals surface area (Å²) in [5.41, 5.74) is 9.34. The van der Waals surface area contributed by atoms with Crippen molar-refractivity contribution in [1.29, 1.82) is 0 Å². The van der Waals surface area contributed by atoms with Gasteiger partial charge in [0.1, 0.15) is 23.0 Å². The van der Waals surface area contributed by atoms with Gasteiger partial charge in [-0.3, -0.25) is 4.40 Å². The second kappa shape index (κ2) is 7.17. The second-order valence-corrected chi connectivity index (χ2v) is 7.52. The van der Waals surface area contributed by atoms with Crippen molar-refractivity contribution in [2.75, 3.05) is 24.2 Å². The Labute approximate surface area is 171 Å². The minimum Gasteiger partial charge on any atom is -0.382 e. The molecule has 1 fully saturated rings. The van der Waals surface area contributed by atoms with Crippen molar-refractivity contribution in [3.8, 4) is 11.4 Å². The second-order valence-electron chi connectivity index (χ2n) is 7.12. The first-order valence-electron chi connectivity index (χ1n) is 9.48. The molecule has 29 heavy (non-hydrogen) atoms. The summed E-state index contributed by atoms with van der Waals surface area (Å²) in [6, 6.07) is 10.4. The molecule has 1 saturated heterocycles. The molecule has 1 unspecified atom stereocenters. The molecular formula is C21H19ClFN5O. The van der Waals surface area contributed by atoms with Crippen molar-refractivity contribution in [3.05, 3.63) is 53.4 Å². The molecule has 3 N–H and O–H groups in total. The topological polar surface area (TPSA) is 77.5 Å². The quantitative estimate of drug-likeness (QED) is 0.516. The highest BCUT2D eigenvalue weighted by Gasteiger charge is 2.19. The number of nitrogens with zero attached hydrogens (tertiary/aromatic N) is 3. The molecule has 1 aliphatic heterocycles. The van der Waals surface area contributed by atoms with Crippen LogP contribution in [0, 0.1) is 5.82 Å². The largest absolute Gasteiger partial charge is 0.382 e. The van der Waals surface area contributed by atoms with Gasteiger partial charge in [-0.2, -0.15) is 0 Å². The highest BCUT2D eigenvalue weighted by atomic mass is 35.5. The molecule has 4 aromatic rings. The lowest BCUT2D eigenvalue weighted by molar-refractivity contribution is 0.120. The third-order valence-electron chi connectivity index (χ3n) is 5.23. The van der Waals surface area contributed by atoms with E-state index in [1.807, 2.05) is 18.2 Å². The number of imidazole rings is 1. The summed E-state index contributed by atoms with van der Waals surface area (Å²) in [5, 5.41) is 3.70. The maximum absolute atomic E-state index is 14.6. The van der Waals surface area contributed by atoms with E-state index in [1.165, 1.54) is 6.07 Å². The Morgan fingerprint density at radius 2 is 2.17 bits per heavy atom. The summed E-state index contributed by atoms with van der Waals surface area (Å²) in [6.07, 6.45) is 3.96. The maximum atomic E-state index is 14.6. The molecule has 148 valence electrons. The number of nitrogens with one attached hydrogen (secondary N) is 1. The lowest BCUT2D eigenvalue weighted by Crippen LogP contribution is -2.18. The van der Waals surface area contributed by atoms with Gasteiger partial charge in [0.15, 0.2) is 0 Å². The number of benzene rings is 2. The van der Waals surface area contributed by atoms with E-state index in [0.29, 0.717) is 22.7 Å². The fourth-order valence-electron chi connectivity index (χ4n) is 3.80. The minimum atomic E-state index is -0.443. The zero-order chi connectivity index (χ0) is 20.0. The molecule has 5 rings (SSSR count). The normalized spacial score (nSPS) is 16.7. The fourth-order valence-corrected chi connectivity index (χ4v) is 4.04.